The predicted molar refractivity (Wildman–Crippen MR) is 93.8 cm³/mol. The molecule has 1 fully saturated rings. The maximum Gasteiger partial charge on any atom is 0.323 e. The third-order valence-corrected chi connectivity index (χ3v) is 5.78. The van der Waals surface area contributed by atoms with Crippen LogP contribution in [0.5, 0.6) is 0 Å². The van der Waals surface area contributed by atoms with E-state index in [0.717, 1.165) is 0 Å². The summed E-state index contributed by atoms with van der Waals surface area (Å²) in [6, 6.07) is 9.95. The molecule has 1 aliphatic rings. The van der Waals surface area contributed by atoms with E-state index in [1.54, 1.807) is 37.3 Å². The van der Waals surface area contributed by atoms with Gasteiger partial charge in [0.1, 0.15) is 5.76 Å². The number of hydrogen-bond donors (Lipinski definition) is 2. The van der Waals surface area contributed by atoms with Crippen molar-refractivity contribution in [2.45, 2.75) is 25.0 Å². The molecular weight excluding hydrogens is 344 g/mol. The topological polar surface area (TPSA) is 105 Å². The van der Waals surface area contributed by atoms with E-state index in [-0.39, 0.29) is 12.6 Å². The smallest absolute Gasteiger partial charge is 0.323 e. The monoisotopic (exact) mass is 364 g/mol. The number of carbonyl (C=O) groups excluding carboxylic acids is 1. The second-order valence-corrected chi connectivity index (χ2v) is 7.94. The summed E-state index contributed by atoms with van der Waals surface area (Å²) in [6.45, 7) is 2.35. The number of hydrogen-bond acceptors (Lipinski definition) is 5. The fourth-order valence-electron chi connectivity index (χ4n) is 2.74. The van der Waals surface area contributed by atoms with Crippen molar-refractivity contribution < 1.29 is 17.7 Å². The first-order valence-electron chi connectivity index (χ1n) is 8.00. The zero-order valence-corrected chi connectivity index (χ0v) is 14.6. The molecule has 9 heteroatoms. The Balaban J connectivity index is 1.64. The van der Waals surface area contributed by atoms with Gasteiger partial charge in [-0.25, -0.2) is 13.2 Å². The van der Waals surface area contributed by atoms with Crippen LogP contribution in [0, 0.1) is 6.92 Å². The Hall–Kier alpha value is -2.55. The van der Waals surface area contributed by atoms with Crippen LogP contribution in [0.25, 0.3) is 0 Å². The van der Waals surface area contributed by atoms with Gasteiger partial charge in [-0.1, -0.05) is 23.4 Å². The lowest BCUT2D eigenvalue weighted by molar-refractivity contribution is 0.200. The molecule has 1 aromatic carbocycles. The van der Waals surface area contributed by atoms with Gasteiger partial charge < -0.3 is 9.42 Å². The minimum Gasteiger partial charge on any atom is -0.360 e. The highest BCUT2D eigenvalue weighted by molar-refractivity contribution is 7.93. The molecule has 134 valence electrons. The van der Waals surface area contributed by atoms with Crippen molar-refractivity contribution in [3.05, 3.63) is 42.2 Å². The van der Waals surface area contributed by atoms with Crippen molar-refractivity contribution in [2.24, 2.45) is 0 Å². The molecule has 2 heterocycles. The van der Waals surface area contributed by atoms with Crippen LogP contribution in [0.2, 0.25) is 0 Å². The summed E-state index contributed by atoms with van der Waals surface area (Å²) in [5.41, 5.74) is 0.516. The number of amides is 2. The SMILES string of the molecule is Cc1cc(NC(=O)N2CCC[C@@H](S(=O)(=O)Nc3ccccc3)C2)no1. The molecule has 1 saturated heterocycles. The van der Waals surface area contributed by atoms with Crippen molar-refractivity contribution in [1.29, 1.82) is 0 Å². The van der Waals surface area contributed by atoms with Crippen molar-refractivity contribution in [3.8, 4) is 0 Å². The number of urea groups is 1. The zero-order chi connectivity index (χ0) is 17.9. The van der Waals surface area contributed by atoms with Crippen molar-refractivity contribution in [1.82, 2.24) is 10.1 Å². The van der Waals surface area contributed by atoms with Gasteiger partial charge in [-0.05, 0) is 31.9 Å². The van der Waals surface area contributed by atoms with Crippen LogP contribution in [0.3, 0.4) is 0 Å². The lowest BCUT2D eigenvalue weighted by Gasteiger charge is -2.32. The Bertz CT molecular complexity index is 835. The molecule has 2 amide bonds. The number of para-hydroxylation sites is 1. The highest BCUT2D eigenvalue weighted by Gasteiger charge is 2.33. The van der Waals surface area contributed by atoms with Gasteiger partial charge >= 0.3 is 6.03 Å². The number of aromatic nitrogens is 1. The van der Waals surface area contributed by atoms with Gasteiger partial charge in [-0.15, -0.1) is 0 Å². The minimum absolute atomic E-state index is 0.130. The molecule has 1 aromatic heterocycles. The van der Waals surface area contributed by atoms with Gasteiger partial charge in [0.05, 0.1) is 5.25 Å². The third kappa shape index (κ3) is 4.30. The molecule has 0 spiro atoms. The number of nitrogens with zero attached hydrogens (tertiary/aromatic N) is 2. The molecular formula is C16H20N4O4S. The summed E-state index contributed by atoms with van der Waals surface area (Å²) in [5.74, 6) is 0.899. The van der Waals surface area contributed by atoms with Crippen LogP contribution in [-0.2, 0) is 10.0 Å². The summed E-state index contributed by atoms with van der Waals surface area (Å²) in [4.78, 5) is 13.8. The Morgan fingerprint density at radius 1 is 1.32 bits per heavy atom. The fourth-order valence-corrected chi connectivity index (χ4v) is 4.23. The largest absolute Gasteiger partial charge is 0.360 e. The number of nitrogens with one attached hydrogen (secondary N) is 2. The van der Waals surface area contributed by atoms with E-state index >= 15 is 0 Å². The van der Waals surface area contributed by atoms with Gasteiger partial charge in [-0.3, -0.25) is 10.0 Å². The molecule has 2 aromatic rings. The van der Waals surface area contributed by atoms with E-state index in [1.807, 2.05) is 6.07 Å². The normalized spacial score (nSPS) is 18.0. The second-order valence-electron chi connectivity index (χ2n) is 5.98. The van der Waals surface area contributed by atoms with Gasteiger partial charge in [-0.2, -0.15) is 0 Å². The molecule has 0 saturated carbocycles. The van der Waals surface area contributed by atoms with E-state index < -0.39 is 15.3 Å². The molecule has 1 aliphatic heterocycles. The van der Waals surface area contributed by atoms with Crippen molar-refractivity contribution in [2.75, 3.05) is 23.1 Å². The minimum atomic E-state index is -3.58. The molecule has 0 radical (unpaired) electrons. The number of likely N-dealkylation sites (tertiary alicyclic amines) is 1. The third-order valence-electron chi connectivity index (χ3n) is 4.00. The maximum absolute atomic E-state index is 12.6. The van der Waals surface area contributed by atoms with E-state index in [0.29, 0.717) is 36.7 Å². The molecule has 25 heavy (non-hydrogen) atoms. The number of piperidine rings is 1. The van der Waals surface area contributed by atoms with Gasteiger partial charge in [0.15, 0.2) is 5.82 Å². The second kappa shape index (κ2) is 7.14. The average Bonchev–Trinajstić information content (AvgIpc) is 3.00. The van der Waals surface area contributed by atoms with Gasteiger partial charge in [0.25, 0.3) is 0 Å². The summed E-state index contributed by atoms with van der Waals surface area (Å²) in [7, 11) is -3.58. The number of anilines is 2. The van der Waals surface area contributed by atoms with Crippen LogP contribution in [0.1, 0.15) is 18.6 Å². The zero-order valence-electron chi connectivity index (χ0n) is 13.8. The predicted octanol–water partition coefficient (Wildman–Crippen LogP) is 2.42. The Morgan fingerprint density at radius 2 is 2.08 bits per heavy atom. The molecule has 0 bridgehead atoms. The van der Waals surface area contributed by atoms with Crippen LogP contribution >= 0.6 is 0 Å². The van der Waals surface area contributed by atoms with Crippen LogP contribution < -0.4 is 10.0 Å². The molecule has 2 N–H and O–H groups in total. The molecule has 0 unspecified atom stereocenters. The van der Waals surface area contributed by atoms with Crippen molar-refractivity contribution >= 4 is 27.6 Å². The highest BCUT2D eigenvalue weighted by atomic mass is 32.2. The lowest BCUT2D eigenvalue weighted by atomic mass is 10.1. The average molecular weight is 364 g/mol. The summed E-state index contributed by atoms with van der Waals surface area (Å²) >= 11 is 0. The molecule has 0 aliphatic carbocycles. The van der Waals surface area contributed by atoms with E-state index in [9.17, 15) is 13.2 Å². The first-order chi connectivity index (χ1) is 11.9. The number of aryl methyl sites for hydroxylation is 1. The summed E-state index contributed by atoms with van der Waals surface area (Å²) < 4.78 is 32.7. The quantitative estimate of drug-likeness (QED) is 0.867. The number of benzene rings is 1. The van der Waals surface area contributed by atoms with E-state index in [4.69, 9.17) is 4.52 Å². The van der Waals surface area contributed by atoms with Crippen LogP contribution in [0.15, 0.2) is 40.9 Å². The fraction of sp³-hybridized carbons (Fsp3) is 0.375. The Labute approximate surface area is 146 Å². The first kappa shape index (κ1) is 17.3. The van der Waals surface area contributed by atoms with E-state index in [1.165, 1.54) is 4.90 Å². The molecule has 1 atom stereocenters. The number of rotatable bonds is 4. The summed E-state index contributed by atoms with van der Waals surface area (Å²) in [5, 5.41) is 5.67. The Kier molecular flexibility index (Phi) is 4.93. The van der Waals surface area contributed by atoms with Crippen molar-refractivity contribution in [3.63, 3.8) is 0 Å². The number of carbonyl (C=O) groups is 1. The first-order valence-corrected chi connectivity index (χ1v) is 9.54. The van der Waals surface area contributed by atoms with Gasteiger partial charge in [0.2, 0.25) is 10.0 Å². The maximum atomic E-state index is 12.6. The summed E-state index contributed by atoms with van der Waals surface area (Å²) in [6.07, 6.45) is 1.13. The Morgan fingerprint density at radius 3 is 2.76 bits per heavy atom. The molecule has 3 rings (SSSR count). The lowest BCUT2D eigenvalue weighted by Crippen LogP contribution is -2.48. The molecule has 8 nitrogen and oxygen atoms in total. The standard InChI is InChI=1S/C16H20N4O4S/c1-12-10-15(18-24-12)17-16(21)20-9-5-8-14(11-20)25(22,23)19-13-6-3-2-4-7-13/h2-4,6-7,10,14,19H,5,8-9,11H2,1H3,(H,17,18,21)/t14-/m1/s1. The highest BCUT2D eigenvalue weighted by Crippen LogP contribution is 2.20. The van der Waals surface area contributed by atoms with Crippen LogP contribution in [-0.4, -0.2) is 42.8 Å². The van der Waals surface area contributed by atoms with E-state index in [2.05, 4.69) is 15.2 Å². The van der Waals surface area contributed by atoms with Crippen LogP contribution in [0.4, 0.5) is 16.3 Å². The number of sulfonamides is 1. The van der Waals surface area contributed by atoms with Gasteiger partial charge in [0, 0.05) is 24.8 Å².